The molecular formula is C20H21N3O3S. The topological polar surface area (TPSA) is 90.3 Å². The van der Waals surface area contributed by atoms with Gasteiger partial charge in [-0.05, 0) is 55.2 Å². The second-order valence-electron chi connectivity index (χ2n) is 6.58. The van der Waals surface area contributed by atoms with Crippen molar-refractivity contribution in [1.82, 2.24) is 4.31 Å². The summed E-state index contributed by atoms with van der Waals surface area (Å²) >= 11 is 0. The van der Waals surface area contributed by atoms with Crippen LogP contribution in [0.1, 0.15) is 34.3 Å². The molecule has 1 N–H and O–H groups in total. The largest absolute Gasteiger partial charge is 0.322 e. The summed E-state index contributed by atoms with van der Waals surface area (Å²) in [4.78, 5) is 12.7. The minimum Gasteiger partial charge on any atom is -0.322 e. The molecule has 1 amide bonds. The van der Waals surface area contributed by atoms with Crippen molar-refractivity contribution in [1.29, 1.82) is 5.26 Å². The molecule has 0 saturated carbocycles. The predicted molar refractivity (Wildman–Crippen MR) is 103 cm³/mol. The van der Waals surface area contributed by atoms with E-state index in [0.29, 0.717) is 36.3 Å². The summed E-state index contributed by atoms with van der Waals surface area (Å²) in [5.74, 6) is -0.374. The van der Waals surface area contributed by atoms with Gasteiger partial charge >= 0.3 is 0 Å². The fourth-order valence-electron chi connectivity index (χ4n) is 3.09. The number of hydrogen-bond donors (Lipinski definition) is 1. The Morgan fingerprint density at radius 3 is 2.44 bits per heavy atom. The Kier molecular flexibility index (Phi) is 5.59. The molecule has 2 aromatic carbocycles. The van der Waals surface area contributed by atoms with Gasteiger partial charge in [0.25, 0.3) is 5.91 Å². The predicted octanol–water partition coefficient (Wildman–Crippen LogP) is 3.10. The maximum atomic E-state index is 12.9. The van der Waals surface area contributed by atoms with Crippen LogP contribution in [0.2, 0.25) is 0 Å². The molecule has 140 valence electrons. The molecule has 0 aromatic heterocycles. The zero-order chi connectivity index (χ0) is 19.4. The standard InChI is InChI=1S/C20H21N3O3S/c1-15-4-7-17(14-19(15)27(25,26)23-12-2-3-13-23)20(24)22-18-8-5-16(6-9-18)10-11-21/h4-9,14H,2-3,10,12-13H2,1H3,(H,22,24). The number of nitrogens with one attached hydrogen (secondary N) is 1. The number of hydrogen-bond acceptors (Lipinski definition) is 4. The molecule has 0 radical (unpaired) electrons. The molecule has 0 spiro atoms. The van der Waals surface area contributed by atoms with Crippen LogP contribution in [-0.4, -0.2) is 31.7 Å². The van der Waals surface area contributed by atoms with Crippen LogP contribution in [0.4, 0.5) is 5.69 Å². The normalized spacial score (nSPS) is 14.7. The fourth-order valence-corrected chi connectivity index (χ4v) is 4.86. The monoisotopic (exact) mass is 383 g/mol. The summed E-state index contributed by atoms with van der Waals surface area (Å²) in [7, 11) is -3.59. The third-order valence-electron chi connectivity index (χ3n) is 4.63. The summed E-state index contributed by atoms with van der Waals surface area (Å²) in [6, 6.07) is 13.8. The first-order valence-electron chi connectivity index (χ1n) is 8.80. The fraction of sp³-hybridized carbons (Fsp3) is 0.300. The maximum Gasteiger partial charge on any atom is 0.255 e. The van der Waals surface area contributed by atoms with Crippen LogP contribution in [0.25, 0.3) is 0 Å². The van der Waals surface area contributed by atoms with Crippen molar-refractivity contribution in [2.24, 2.45) is 0 Å². The first-order valence-corrected chi connectivity index (χ1v) is 10.2. The van der Waals surface area contributed by atoms with Crippen LogP contribution in [0.3, 0.4) is 0 Å². The Hall–Kier alpha value is -2.69. The molecule has 0 atom stereocenters. The van der Waals surface area contributed by atoms with E-state index >= 15 is 0 Å². The molecule has 3 rings (SSSR count). The number of carbonyl (C=O) groups is 1. The second-order valence-corrected chi connectivity index (χ2v) is 8.48. The van der Waals surface area contributed by atoms with E-state index in [1.54, 1.807) is 43.3 Å². The molecule has 0 unspecified atom stereocenters. The number of benzene rings is 2. The number of amides is 1. The number of nitriles is 1. The van der Waals surface area contributed by atoms with Gasteiger partial charge in [0, 0.05) is 24.3 Å². The van der Waals surface area contributed by atoms with Gasteiger partial charge in [0.15, 0.2) is 0 Å². The van der Waals surface area contributed by atoms with E-state index in [4.69, 9.17) is 5.26 Å². The zero-order valence-corrected chi connectivity index (χ0v) is 15.9. The van der Waals surface area contributed by atoms with Gasteiger partial charge in [-0.2, -0.15) is 9.57 Å². The highest BCUT2D eigenvalue weighted by Crippen LogP contribution is 2.25. The molecule has 1 heterocycles. The van der Waals surface area contributed by atoms with Crippen molar-refractivity contribution in [3.63, 3.8) is 0 Å². The molecule has 27 heavy (non-hydrogen) atoms. The van der Waals surface area contributed by atoms with Crippen LogP contribution in [0.15, 0.2) is 47.4 Å². The number of rotatable bonds is 5. The van der Waals surface area contributed by atoms with Crippen molar-refractivity contribution in [3.8, 4) is 6.07 Å². The number of nitrogens with zero attached hydrogens (tertiary/aromatic N) is 2. The zero-order valence-electron chi connectivity index (χ0n) is 15.1. The summed E-state index contributed by atoms with van der Waals surface area (Å²) < 4.78 is 27.2. The molecule has 6 nitrogen and oxygen atoms in total. The third kappa shape index (κ3) is 4.18. The van der Waals surface area contributed by atoms with E-state index in [0.717, 1.165) is 18.4 Å². The van der Waals surface area contributed by atoms with Gasteiger partial charge in [0.1, 0.15) is 0 Å². The van der Waals surface area contributed by atoms with E-state index in [1.807, 2.05) is 0 Å². The number of carbonyl (C=O) groups excluding carboxylic acids is 1. The Morgan fingerprint density at radius 2 is 1.81 bits per heavy atom. The van der Waals surface area contributed by atoms with E-state index in [1.165, 1.54) is 10.4 Å². The van der Waals surface area contributed by atoms with E-state index in [9.17, 15) is 13.2 Å². The summed E-state index contributed by atoms with van der Waals surface area (Å²) in [5, 5.41) is 11.5. The van der Waals surface area contributed by atoms with Gasteiger partial charge in [-0.15, -0.1) is 0 Å². The summed E-state index contributed by atoms with van der Waals surface area (Å²) in [6.45, 7) is 2.78. The number of aryl methyl sites for hydroxylation is 1. The lowest BCUT2D eigenvalue weighted by molar-refractivity contribution is 0.102. The Labute approximate surface area is 159 Å². The van der Waals surface area contributed by atoms with Crippen LogP contribution < -0.4 is 5.32 Å². The summed E-state index contributed by atoms with van der Waals surface area (Å²) in [5.41, 5.74) is 2.37. The van der Waals surface area contributed by atoms with E-state index in [-0.39, 0.29) is 10.8 Å². The molecule has 1 aliphatic heterocycles. The molecule has 0 aliphatic carbocycles. The quantitative estimate of drug-likeness (QED) is 0.859. The van der Waals surface area contributed by atoms with Gasteiger partial charge in [-0.25, -0.2) is 8.42 Å². The molecule has 1 aliphatic rings. The van der Waals surface area contributed by atoms with Gasteiger partial charge in [-0.3, -0.25) is 4.79 Å². The first-order chi connectivity index (χ1) is 12.9. The van der Waals surface area contributed by atoms with Crippen LogP contribution >= 0.6 is 0 Å². The number of anilines is 1. The van der Waals surface area contributed by atoms with Crippen LogP contribution in [0, 0.1) is 18.3 Å². The minimum atomic E-state index is -3.59. The molecule has 7 heteroatoms. The Balaban J connectivity index is 1.82. The third-order valence-corrected chi connectivity index (χ3v) is 6.67. The van der Waals surface area contributed by atoms with Gasteiger partial charge in [0.2, 0.25) is 10.0 Å². The highest BCUT2D eigenvalue weighted by molar-refractivity contribution is 7.89. The van der Waals surface area contributed by atoms with Gasteiger partial charge in [-0.1, -0.05) is 18.2 Å². The highest BCUT2D eigenvalue weighted by atomic mass is 32.2. The molecule has 1 fully saturated rings. The molecule has 0 bridgehead atoms. The smallest absolute Gasteiger partial charge is 0.255 e. The SMILES string of the molecule is Cc1ccc(C(=O)Nc2ccc(CC#N)cc2)cc1S(=O)(=O)N1CCCC1. The summed E-state index contributed by atoms with van der Waals surface area (Å²) in [6.07, 6.45) is 2.03. The lowest BCUT2D eigenvalue weighted by atomic mass is 10.1. The van der Waals surface area contributed by atoms with Crippen LogP contribution in [0.5, 0.6) is 0 Å². The van der Waals surface area contributed by atoms with Crippen LogP contribution in [-0.2, 0) is 16.4 Å². The average Bonchev–Trinajstić information content (AvgIpc) is 3.19. The van der Waals surface area contributed by atoms with E-state index < -0.39 is 10.0 Å². The lowest BCUT2D eigenvalue weighted by Crippen LogP contribution is -2.28. The molecular weight excluding hydrogens is 362 g/mol. The lowest BCUT2D eigenvalue weighted by Gasteiger charge is -2.18. The maximum absolute atomic E-state index is 12.9. The van der Waals surface area contributed by atoms with Gasteiger partial charge < -0.3 is 5.32 Å². The van der Waals surface area contributed by atoms with Crippen molar-refractivity contribution < 1.29 is 13.2 Å². The van der Waals surface area contributed by atoms with Crippen molar-refractivity contribution in [3.05, 3.63) is 59.2 Å². The van der Waals surface area contributed by atoms with Crippen molar-refractivity contribution in [2.45, 2.75) is 31.1 Å². The Morgan fingerprint density at radius 1 is 1.15 bits per heavy atom. The Bertz CT molecular complexity index is 986. The average molecular weight is 383 g/mol. The minimum absolute atomic E-state index is 0.182. The first kappa shape index (κ1) is 19.1. The molecule has 2 aromatic rings. The van der Waals surface area contributed by atoms with E-state index in [2.05, 4.69) is 11.4 Å². The van der Waals surface area contributed by atoms with Crippen molar-refractivity contribution in [2.75, 3.05) is 18.4 Å². The second kappa shape index (κ2) is 7.91. The molecule has 1 saturated heterocycles. The van der Waals surface area contributed by atoms with Crippen molar-refractivity contribution >= 4 is 21.6 Å². The van der Waals surface area contributed by atoms with Gasteiger partial charge in [0.05, 0.1) is 17.4 Å². The number of sulfonamides is 1. The highest BCUT2D eigenvalue weighted by Gasteiger charge is 2.29.